The van der Waals surface area contributed by atoms with Crippen molar-refractivity contribution in [3.05, 3.63) is 0 Å². The average Bonchev–Trinajstić information content (AvgIpc) is 2.51. The van der Waals surface area contributed by atoms with Gasteiger partial charge in [0.15, 0.2) is 0 Å². The fraction of sp³-hybridized carbons (Fsp3) is 0.929. The molecule has 1 aliphatic rings. The highest BCUT2D eigenvalue weighted by Crippen LogP contribution is 2.32. The number of carbonyl (C=O) groups is 1. The van der Waals surface area contributed by atoms with E-state index in [1.807, 2.05) is 34.6 Å². The molecule has 0 aromatic rings. The quantitative estimate of drug-likeness (QED) is 0.746. The van der Waals surface area contributed by atoms with Gasteiger partial charge in [-0.25, -0.2) is 4.79 Å². The third kappa shape index (κ3) is 4.53. The van der Waals surface area contributed by atoms with E-state index in [9.17, 15) is 4.79 Å². The van der Waals surface area contributed by atoms with Gasteiger partial charge in [-0.2, -0.15) is 0 Å². The van der Waals surface area contributed by atoms with Crippen LogP contribution in [-0.2, 0) is 9.47 Å². The van der Waals surface area contributed by atoms with Crippen LogP contribution in [0.5, 0.6) is 0 Å². The summed E-state index contributed by atoms with van der Waals surface area (Å²) in [5.41, 5.74) is -1.13. The van der Waals surface area contributed by atoms with Crippen LogP contribution in [0.3, 0.4) is 0 Å². The molecular formula is C14H26ClNO3. The molecule has 1 aliphatic heterocycles. The summed E-state index contributed by atoms with van der Waals surface area (Å²) < 4.78 is 11.2. The second-order valence-corrected chi connectivity index (χ2v) is 7.07. The standard InChI is InChI=1S/C14H26ClNO3/c1-10(8-15)7-11-9-18-14(5,6)16(11)12(17)19-13(2,3)4/h10-11H,7-9H2,1-6H3/t10-,11+/m1/s1. The van der Waals surface area contributed by atoms with Crippen LogP contribution >= 0.6 is 11.6 Å². The lowest BCUT2D eigenvalue weighted by molar-refractivity contribution is -0.0629. The Labute approximate surface area is 121 Å². The smallest absolute Gasteiger partial charge is 0.412 e. The number of nitrogens with zero attached hydrogens (tertiary/aromatic N) is 1. The Kier molecular flexibility index (Phi) is 5.13. The van der Waals surface area contributed by atoms with Crippen LogP contribution in [0.1, 0.15) is 48.0 Å². The van der Waals surface area contributed by atoms with Crippen molar-refractivity contribution in [3.8, 4) is 0 Å². The highest BCUT2D eigenvalue weighted by atomic mass is 35.5. The molecule has 0 aromatic carbocycles. The number of alkyl halides is 1. The molecule has 0 N–H and O–H groups in total. The highest BCUT2D eigenvalue weighted by molar-refractivity contribution is 6.18. The minimum atomic E-state index is -0.626. The number of amides is 1. The first kappa shape index (κ1) is 16.6. The summed E-state index contributed by atoms with van der Waals surface area (Å²) in [5.74, 6) is 0.924. The topological polar surface area (TPSA) is 38.8 Å². The molecule has 1 rings (SSSR count). The first-order valence-electron chi connectivity index (χ1n) is 6.79. The largest absolute Gasteiger partial charge is 0.444 e. The molecule has 0 spiro atoms. The molecule has 1 saturated heterocycles. The zero-order valence-electron chi connectivity index (χ0n) is 12.8. The Hall–Kier alpha value is -0.480. The highest BCUT2D eigenvalue weighted by Gasteiger charge is 2.45. The number of carbonyl (C=O) groups excluding carboxylic acids is 1. The second-order valence-electron chi connectivity index (χ2n) is 6.76. The fourth-order valence-corrected chi connectivity index (χ4v) is 2.39. The van der Waals surface area contributed by atoms with E-state index in [0.29, 0.717) is 18.4 Å². The lowest BCUT2D eigenvalue weighted by Crippen LogP contribution is -2.50. The summed E-state index contributed by atoms with van der Waals surface area (Å²) in [5, 5.41) is 0. The van der Waals surface area contributed by atoms with Gasteiger partial charge in [0, 0.05) is 5.88 Å². The van der Waals surface area contributed by atoms with E-state index in [0.717, 1.165) is 6.42 Å². The van der Waals surface area contributed by atoms with E-state index in [4.69, 9.17) is 21.1 Å². The molecule has 5 heteroatoms. The fourth-order valence-electron chi connectivity index (χ4n) is 2.26. The molecule has 0 aliphatic carbocycles. The Morgan fingerprint density at radius 1 is 1.53 bits per heavy atom. The maximum atomic E-state index is 12.3. The lowest BCUT2D eigenvalue weighted by atomic mass is 10.0. The maximum absolute atomic E-state index is 12.3. The third-order valence-electron chi connectivity index (χ3n) is 3.10. The molecule has 0 unspecified atom stereocenters. The van der Waals surface area contributed by atoms with Crippen molar-refractivity contribution in [2.45, 2.75) is 65.3 Å². The van der Waals surface area contributed by atoms with Crippen molar-refractivity contribution in [1.82, 2.24) is 4.90 Å². The van der Waals surface area contributed by atoms with Gasteiger partial charge in [0.25, 0.3) is 0 Å². The van der Waals surface area contributed by atoms with Crippen LogP contribution < -0.4 is 0 Å². The molecule has 0 bridgehead atoms. The molecule has 19 heavy (non-hydrogen) atoms. The van der Waals surface area contributed by atoms with E-state index in [1.165, 1.54) is 0 Å². The Balaban J connectivity index is 2.81. The summed E-state index contributed by atoms with van der Waals surface area (Å²) in [4.78, 5) is 14.1. The summed E-state index contributed by atoms with van der Waals surface area (Å²) in [7, 11) is 0. The zero-order valence-corrected chi connectivity index (χ0v) is 13.6. The van der Waals surface area contributed by atoms with Gasteiger partial charge in [-0.3, -0.25) is 4.90 Å². The zero-order chi connectivity index (χ0) is 14.8. The summed E-state index contributed by atoms with van der Waals surface area (Å²) in [6.07, 6.45) is 0.508. The molecule has 4 nitrogen and oxygen atoms in total. The minimum Gasteiger partial charge on any atom is -0.444 e. The van der Waals surface area contributed by atoms with Gasteiger partial charge in [0.2, 0.25) is 0 Å². The van der Waals surface area contributed by atoms with Gasteiger partial charge in [-0.1, -0.05) is 6.92 Å². The van der Waals surface area contributed by atoms with E-state index < -0.39 is 11.3 Å². The predicted octanol–water partition coefficient (Wildman–Crippen LogP) is 3.62. The van der Waals surface area contributed by atoms with Crippen LogP contribution in [0.4, 0.5) is 4.79 Å². The van der Waals surface area contributed by atoms with Crippen LogP contribution in [0.25, 0.3) is 0 Å². The predicted molar refractivity (Wildman–Crippen MR) is 76.4 cm³/mol. The molecule has 2 atom stereocenters. The van der Waals surface area contributed by atoms with Crippen molar-refractivity contribution in [1.29, 1.82) is 0 Å². The number of rotatable bonds is 3. The number of hydrogen-bond donors (Lipinski definition) is 0. The number of ether oxygens (including phenoxy) is 2. The van der Waals surface area contributed by atoms with E-state index in [1.54, 1.807) is 4.90 Å². The van der Waals surface area contributed by atoms with Gasteiger partial charge in [-0.15, -0.1) is 11.6 Å². The van der Waals surface area contributed by atoms with Crippen LogP contribution in [-0.4, -0.2) is 40.8 Å². The molecule has 1 amide bonds. The summed E-state index contributed by atoms with van der Waals surface area (Å²) in [6.45, 7) is 12.0. The number of hydrogen-bond acceptors (Lipinski definition) is 3. The van der Waals surface area contributed by atoms with Gasteiger partial charge in [0.1, 0.15) is 11.3 Å². The number of halogens is 1. The van der Waals surface area contributed by atoms with Crippen LogP contribution in [0.15, 0.2) is 0 Å². The van der Waals surface area contributed by atoms with Crippen molar-refractivity contribution in [2.75, 3.05) is 12.5 Å². The van der Waals surface area contributed by atoms with Crippen molar-refractivity contribution in [2.24, 2.45) is 5.92 Å². The van der Waals surface area contributed by atoms with Crippen LogP contribution in [0.2, 0.25) is 0 Å². The average molecular weight is 292 g/mol. The summed E-state index contributed by atoms with van der Waals surface area (Å²) >= 11 is 5.86. The Bertz CT molecular complexity index is 325. The van der Waals surface area contributed by atoms with Crippen molar-refractivity contribution in [3.63, 3.8) is 0 Å². The monoisotopic (exact) mass is 291 g/mol. The molecule has 1 heterocycles. The second kappa shape index (κ2) is 5.88. The summed E-state index contributed by atoms with van der Waals surface area (Å²) in [6, 6.07) is 0.0265. The Morgan fingerprint density at radius 2 is 2.11 bits per heavy atom. The third-order valence-corrected chi connectivity index (χ3v) is 3.63. The van der Waals surface area contributed by atoms with Gasteiger partial charge in [-0.05, 0) is 47.0 Å². The lowest BCUT2D eigenvalue weighted by Gasteiger charge is -2.35. The van der Waals surface area contributed by atoms with Gasteiger partial charge >= 0.3 is 6.09 Å². The van der Waals surface area contributed by atoms with E-state index in [-0.39, 0.29) is 12.1 Å². The normalized spacial score (nSPS) is 24.4. The van der Waals surface area contributed by atoms with Crippen molar-refractivity contribution < 1.29 is 14.3 Å². The molecule has 112 valence electrons. The maximum Gasteiger partial charge on any atom is 0.412 e. The molecule has 0 aromatic heterocycles. The molecular weight excluding hydrogens is 266 g/mol. The Morgan fingerprint density at radius 3 is 2.58 bits per heavy atom. The molecule has 1 fully saturated rings. The molecule has 0 saturated carbocycles. The first-order chi connectivity index (χ1) is 8.57. The van der Waals surface area contributed by atoms with E-state index >= 15 is 0 Å². The van der Waals surface area contributed by atoms with Gasteiger partial charge < -0.3 is 9.47 Å². The first-order valence-corrected chi connectivity index (χ1v) is 7.32. The minimum absolute atomic E-state index is 0.0265. The van der Waals surface area contributed by atoms with Crippen molar-refractivity contribution >= 4 is 17.7 Å². The van der Waals surface area contributed by atoms with Crippen LogP contribution in [0, 0.1) is 5.92 Å². The molecule has 0 radical (unpaired) electrons. The van der Waals surface area contributed by atoms with E-state index in [2.05, 4.69) is 6.92 Å². The SMILES string of the molecule is C[C@@H](CCl)C[C@H]1COC(C)(C)N1C(=O)OC(C)(C)C. The van der Waals surface area contributed by atoms with Gasteiger partial charge in [0.05, 0.1) is 12.6 Å².